The molecule has 8 nitrogen and oxygen atoms in total. The summed E-state index contributed by atoms with van der Waals surface area (Å²) in [4.78, 5) is 38.5. The van der Waals surface area contributed by atoms with E-state index in [0.29, 0.717) is 11.9 Å². The molecule has 0 spiro atoms. The van der Waals surface area contributed by atoms with Crippen molar-refractivity contribution in [3.63, 3.8) is 0 Å². The normalized spacial score (nSPS) is 14.8. The van der Waals surface area contributed by atoms with Crippen LogP contribution in [0.3, 0.4) is 0 Å². The van der Waals surface area contributed by atoms with Gasteiger partial charge in [0.1, 0.15) is 6.54 Å². The van der Waals surface area contributed by atoms with Gasteiger partial charge in [0.05, 0.1) is 19.8 Å². The molecule has 3 rings (SSSR count). The van der Waals surface area contributed by atoms with E-state index in [9.17, 15) is 14.4 Å². The van der Waals surface area contributed by atoms with E-state index in [4.69, 9.17) is 4.74 Å². The molecule has 144 valence electrons. The van der Waals surface area contributed by atoms with Gasteiger partial charge in [-0.3, -0.25) is 19.3 Å². The monoisotopic (exact) mass is 372 g/mol. The van der Waals surface area contributed by atoms with Crippen LogP contribution in [-0.2, 0) is 20.9 Å². The Labute approximate surface area is 157 Å². The standard InChI is InChI=1S/C19H24N4O4/c24-17(20-6-8-22-9-11-27-12-10-22)13-21-18(25)14-23-7-5-15-3-1-2-4-16(15)19(23)26/h1-5,7H,6,8-14H2,(H,20,24)(H,21,25). The number of nitrogens with one attached hydrogen (secondary N) is 2. The number of benzene rings is 1. The van der Waals surface area contributed by atoms with E-state index in [0.717, 1.165) is 38.2 Å². The van der Waals surface area contributed by atoms with Gasteiger partial charge in [-0.25, -0.2) is 0 Å². The van der Waals surface area contributed by atoms with E-state index < -0.39 is 0 Å². The zero-order chi connectivity index (χ0) is 19.1. The number of carbonyl (C=O) groups is 2. The van der Waals surface area contributed by atoms with Gasteiger partial charge in [0.2, 0.25) is 11.8 Å². The Morgan fingerprint density at radius 1 is 1.04 bits per heavy atom. The first-order valence-electron chi connectivity index (χ1n) is 9.05. The van der Waals surface area contributed by atoms with Gasteiger partial charge in [-0.1, -0.05) is 18.2 Å². The van der Waals surface area contributed by atoms with Crippen molar-refractivity contribution in [2.45, 2.75) is 6.54 Å². The van der Waals surface area contributed by atoms with Gasteiger partial charge in [0, 0.05) is 37.8 Å². The number of hydrogen-bond acceptors (Lipinski definition) is 5. The fourth-order valence-electron chi connectivity index (χ4n) is 2.98. The highest BCUT2D eigenvalue weighted by molar-refractivity contribution is 5.85. The molecule has 8 heteroatoms. The number of fused-ring (bicyclic) bond motifs is 1. The van der Waals surface area contributed by atoms with Gasteiger partial charge < -0.3 is 19.9 Å². The van der Waals surface area contributed by atoms with E-state index in [1.165, 1.54) is 4.57 Å². The maximum Gasteiger partial charge on any atom is 0.258 e. The van der Waals surface area contributed by atoms with Crippen LogP contribution in [0, 0.1) is 0 Å². The summed E-state index contributed by atoms with van der Waals surface area (Å²) in [6.07, 6.45) is 1.59. The van der Waals surface area contributed by atoms with Crippen molar-refractivity contribution < 1.29 is 14.3 Å². The van der Waals surface area contributed by atoms with Crippen LogP contribution in [0.2, 0.25) is 0 Å². The SMILES string of the molecule is O=C(CNC(=O)Cn1ccc2ccccc2c1=O)NCCN1CCOCC1. The maximum atomic E-state index is 12.4. The number of aromatic nitrogens is 1. The van der Waals surface area contributed by atoms with Crippen LogP contribution in [0.4, 0.5) is 0 Å². The summed E-state index contributed by atoms with van der Waals surface area (Å²) < 4.78 is 6.61. The van der Waals surface area contributed by atoms with E-state index in [2.05, 4.69) is 15.5 Å². The minimum atomic E-state index is -0.379. The minimum absolute atomic E-state index is 0.107. The number of ether oxygens (including phenoxy) is 1. The van der Waals surface area contributed by atoms with Crippen molar-refractivity contribution in [3.8, 4) is 0 Å². The van der Waals surface area contributed by atoms with Crippen molar-refractivity contribution in [3.05, 3.63) is 46.9 Å². The van der Waals surface area contributed by atoms with Gasteiger partial charge in [0.25, 0.3) is 5.56 Å². The van der Waals surface area contributed by atoms with Gasteiger partial charge in [-0.05, 0) is 17.5 Å². The van der Waals surface area contributed by atoms with Crippen LogP contribution >= 0.6 is 0 Å². The first-order chi connectivity index (χ1) is 13.1. The molecule has 2 amide bonds. The zero-order valence-electron chi connectivity index (χ0n) is 15.1. The summed E-state index contributed by atoms with van der Waals surface area (Å²) in [5.74, 6) is -0.627. The lowest BCUT2D eigenvalue weighted by atomic mass is 10.2. The molecule has 0 aliphatic carbocycles. The summed E-state index contributed by atoms with van der Waals surface area (Å²) in [6, 6.07) is 9.02. The second kappa shape index (κ2) is 9.29. The quantitative estimate of drug-likeness (QED) is 0.688. The summed E-state index contributed by atoms with van der Waals surface area (Å²) in [7, 11) is 0. The molecule has 2 heterocycles. The van der Waals surface area contributed by atoms with Gasteiger partial charge in [0.15, 0.2) is 0 Å². The minimum Gasteiger partial charge on any atom is -0.379 e. The summed E-state index contributed by atoms with van der Waals surface area (Å²) in [5, 5.41) is 6.73. The van der Waals surface area contributed by atoms with E-state index in [1.807, 2.05) is 12.1 Å². The molecule has 1 aliphatic rings. The highest BCUT2D eigenvalue weighted by atomic mass is 16.5. The smallest absolute Gasteiger partial charge is 0.258 e. The number of amides is 2. The molecule has 0 radical (unpaired) electrons. The van der Waals surface area contributed by atoms with Crippen molar-refractivity contribution in [2.75, 3.05) is 45.9 Å². The molecule has 2 aromatic rings. The van der Waals surface area contributed by atoms with Crippen LogP contribution < -0.4 is 16.2 Å². The Hall–Kier alpha value is -2.71. The molecule has 0 unspecified atom stereocenters. The topological polar surface area (TPSA) is 92.7 Å². The van der Waals surface area contributed by atoms with Crippen LogP contribution in [0.15, 0.2) is 41.3 Å². The Balaban J connectivity index is 1.42. The van der Waals surface area contributed by atoms with Crippen molar-refractivity contribution in [2.24, 2.45) is 0 Å². The maximum absolute atomic E-state index is 12.4. The Morgan fingerprint density at radius 3 is 2.63 bits per heavy atom. The van der Waals surface area contributed by atoms with E-state index in [-0.39, 0.29) is 30.5 Å². The van der Waals surface area contributed by atoms with E-state index >= 15 is 0 Å². The summed E-state index contributed by atoms with van der Waals surface area (Å²) >= 11 is 0. The highest BCUT2D eigenvalue weighted by Gasteiger charge is 2.11. The predicted octanol–water partition coefficient (Wildman–Crippen LogP) is -0.434. The number of nitrogens with zero attached hydrogens (tertiary/aromatic N) is 2. The lowest BCUT2D eigenvalue weighted by molar-refractivity contribution is -0.126. The van der Waals surface area contributed by atoms with Crippen LogP contribution in [0.5, 0.6) is 0 Å². The molecule has 0 bridgehead atoms. The Morgan fingerprint density at radius 2 is 1.81 bits per heavy atom. The lowest BCUT2D eigenvalue weighted by Crippen LogP contribution is -2.44. The number of carbonyl (C=O) groups excluding carboxylic acids is 2. The van der Waals surface area contributed by atoms with Gasteiger partial charge in [-0.2, -0.15) is 0 Å². The largest absolute Gasteiger partial charge is 0.379 e. The van der Waals surface area contributed by atoms with Crippen molar-refractivity contribution in [1.29, 1.82) is 0 Å². The van der Waals surface area contributed by atoms with Crippen molar-refractivity contribution in [1.82, 2.24) is 20.1 Å². The first-order valence-corrected chi connectivity index (χ1v) is 9.05. The molecule has 1 aromatic carbocycles. The summed E-state index contributed by atoms with van der Waals surface area (Å²) in [5.41, 5.74) is -0.224. The molecular weight excluding hydrogens is 348 g/mol. The number of pyridine rings is 1. The average Bonchev–Trinajstić information content (AvgIpc) is 2.69. The Kier molecular flexibility index (Phi) is 6.56. The van der Waals surface area contributed by atoms with Crippen molar-refractivity contribution >= 4 is 22.6 Å². The third-order valence-electron chi connectivity index (χ3n) is 4.50. The van der Waals surface area contributed by atoms with Gasteiger partial charge in [-0.15, -0.1) is 0 Å². The second-order valence-electron chi connectivity index (χ2n) is 6.42. The molecule has 0 atom stereocenters. The van der Waals surface area contributed by atoms with Crippen LogP contribution in [0.25, 0.3) is 10.8 Å². The second-order valence-corrected chi connectivity index (χ2v) is 6.42. The third kappa shape index (κ3) is 5.38. The molecule has 27 heavy (non-hydrogen) atoms. The summed E-state index contributed by atoms with van der Waals surface area (Å²) in [6.45, 7) is 4.24. The molecule has 1 saturated heterocycles. The molecule has 1 fully saturated rings. The number of hydrogen-bond donors (Lipinski definition) is 2. The predicted molar refractivity (Wildman–Crippen MR) is 101 cm³/mol. The number of rotatable bonds is 7. The van der Waals surface area contributed by atoms with Crippen LogP contribution in [0.1, 0.15) is 0 Å². The molecule has 1 aliphatic heterocycles. The molecular formula is C19H24N4O4. The Bertz CT molecular complexity index is 858. The molecule has 2 N–H and O–H groups in total. The molecule has 1 aromatic heterocycles. The molecule has 0 saturated carbocycles. The third-order valence-corrected chi connectivity index (χ3v) is 4.50. The van der Waals surface area contributed by atoms with Gasteiger partial charge >= 0.3 is 0 Å². The lowest BCUT2D eigenvalue weighted by Gasteiger charge is -2.26. The number of morpholine rings is 1. The van der Waals surface area contributed by atoms with E-state index in [1.54, 1.807) is 24.4 Å². The van der Waals surface area contributed by atoms with Crippen LogP contribution in [-0.4, -0.2) is 67.2 Å². The fraction of sp³-hybridized carbons (Fsp3) is 0.421. The average molecular weight is 372 g/mol. The highest BCUT2D eigenvalue weighted by Crippen LogP contribution is 2.07. The zero-order valence-corrected chi connectivity index (χ0v) is 15.1. The first kappa shape index (κ1) is 19.1. The fourth-order valence-corrected chi connectivity index (χ4v) is 2.98.